The molecule has 28 heavy (non-hydrogen) atoms. The average Bonchev–Trinajstić information content (AvgIpc) is 2.70. The van der Waals surface area contributed by atoms with E-state index in [1.807, 2.05) is 13.0 Å². The number of carbonyl (C=O) groups excluding carboxylic acids is 1. The number of carbonyl (C=O) groups is 1. The van der Waals surface area contributed by atoms with Gasteiger partial charge < -0.3 is 9.47 Å². The first-order chi connectivity index (χ1) is 13.4. The Morgan fingerprint density at radius 2 is 2.00 bits per heavy atom. The number of rotatable bonds is 4. The van der Waals surface area contributed by atoms with Gasteiger partial charge in [-0.25, -0.2) is 4.79 Å². The molecule has 0 amide bonds. The van der Waals surface area contributed by atoms with Crippen molar-refractivity contribution < 1.29 is 14.3 Å². The van der Waals surface area contributed by atoms with Gasteiger partial charge in [0.05, 0.1) is 7.11 Å². The number of nitriles is 1. The highest BCUT2D eigenvalue weighted by Gasteiger charge is 2.18. The normalized spacial score (nSPS) is 11.1. The lowest BCUT2D eigenvalue weighted by molar-refractivity contribution is -0.135. The van der Waals surface area contributed by atoms with Crippen molar-refractivity contribution in [2.75, 3.05) is 7.11 Å². The SMILES string of the molecule is COC(=O)/C(C#N)=C/c1c(Oc2ccc(Br)cc2)nc2c(C)cccn2c1=O. The number of fused-ring (bicyclic) bond motifs is 1. The van der Waals surface area contributed by atoms with Crippen molar-refractivity contribution in [3.05, 3.63) is 74.1 Å². The molecule has 0 unspecified atom stereocenters. The maximum absolute atomic E-state index is 13.0. The molecule has 7 nitrogen and oxygen atoms in total. The molecule has 2 heterocycles. The van der Waals surface area contributed by atoms with Crippen molar-refractivity contribution in [2.24, 2.45) is 0 Å². The quantitative estimate of drug-likeness (QED) is 0.350. The summed E-state index contributed by atoms with van der Waals surface area (Å²) in [6.45, 7) is 1.82. The van der Waals surface area contributed by atoms with Gasteiger partial charge >= 0.3 is 5.97 Å². The number of aryl methyl sites for hydroxylation is 1. The smallest absolute Gasteiger partial charge is 0.348 e. The molecular weight excluding hydrogens is 426 g/mol. The highest BCUT2D eigenvalue weighted by atomic mass is 79.9. The van der Waals surface area contributed by atoms with E-state index in [4.69, 9.17) is 4.74 Å². The Morgan fingerprint density at radius 1 is 1.29 bits per heavy atom. The first-order valence-corrected chi connectivity index (χ1v) is 8.89. The Morgan fingerprint density at radius 3 is 2.64 bits per heavy atom. The second kappa shape index (κ2) is 8.06. The Labute approximate surface area is 168 Å². The summed E-state index contributed by atoms with van der Waals surface area (Å²) in [6.07, 6.45) is 2.69. The lowest BCUT2D eigenvalue weighted by Crippen LogP contribution is -2.20. The fourth-order valence-corrected chi connectivity index (χ4v) is 2.76. The maximum Gasteiger partial charge on any atom is 0.348 e. The molecule has 0 saturated heterocycles. The van der Waals surface area contributed by atoms with E-state index in [2.05, 4.69) is 25.7 Å². The van der Waals surface area contributed by atoms with Gasteiger partial charge in [0, 0.05) is 10.7 Å². The van der Waals surface area contributed by atoms with E-state index in [0.717, 1.165) is 23.2 Å². The number of halogens is 1. The highest BCUT2D eigenvalue weighted by Crippen LogP contribution is 2.26. The largest absolute Gasteiger partial charge is 0.465 e. The second-order valence-electron chi connectivity index (χ2n) is 5.74. The molecule has 3 aromatic rings. The molecule has 0 saturated carbocycles. The molecule has 0 radical (unpaired) electrons. The van der Waals surface area contributed by atoms with Crippen LogP contribution in [0.1, 0.15) is 11.1 Å². The van der Waals surface area contributed by atoms with Crippen molar-refractivity contribution in [3.8, 4) is 17.7 Å². The van der Waals surface area contributed by atoms with Gasteiger partial charge in [0.25, 0.3) is 5.56 Å². The molecule has 140 valence electrons. The van der Waals surface area contributed by atoms with Crippen molar-refractivity contribution in [2.45, 2.75) is 6.92 Å². The standard InChI is InChI=1S/C20H14BrN3O4/c1-12-4-3-9-24-17(12)23-18(28-15-7-5-14(21)6-8-15)16(19(24)25)10-13(11-22)20(26)27-2/h3-10H,1-2H3/b13-10+. The number of hydrogen-bond acceptors (Lipinski definition) is 6. The van der Waals surface area contributed by atoms with Gasteiger partial charge in [0.15, 0.2) is 0 Å². The minimum Gasteiger partial charge on any atom is -0.465 e. The number of hydrogen-bond donors (Lipinski definition) is 0. The Kier molecular flexibility index (Phi) is 5.57. The molecule has 1 aromatic carbocycles. The van der Waals surface area contributed by atoms with Gasteiger partial charge in [0.2, 0.25) is 5.88 Å². The summed E-state index contributed by atoms with van der Waals surface area (Å²) >= 11 is 3.34. The number of aromatic nitrogens is 2. The summed E-state index contributed by atoms with van der Waals surface area (Å²) in [4.78, 5) is 29.3. The Balaban J connectivity index is 2.27. The van der Waals surface area contributed by atoms with Crippen molar-refractivity contribution >= 4 is 33.6 Å². The highest BCUT2D eigenvalue weighted by molar-refractivity contribution is 9.10. The summed E-state index contributed by atoms with van der Waals surface area (Å²) in [6, 6.07) is 12.2. The van der Waals surface area contributed by atoms with Crippen LogP contribution in [0.15, 0.2) is 57.4 Å². The van der Waals surface area contributed by atoms with Crippen LogP contribution in [-0.4, -0.2) is 22.5 Å². The third-order valence-electron chi connectivity index (χ3n) is 3.89. The van der Waals surface area contributed by atoms with Crippen LogP contribution < -0.4 is 10.3 Å². The molecule has 8 heteroatoms. The van der Waals surface area contributed by atoms with Crippen molar-refractivity contribution in [1.29, 1.82) is 5.26 Å². The molecule has 2 aromatic heterocycles. The van der Waals surface area contributed by atoms with Gasteiger partial charge in [-0.05, 0) is 48.9 Å². The lowest BCUT2D eigenvalue weighted by atomic mass is 10.2. The molecule has 0 bridgehead atoms. The predicted molar refractivity (Wildman–Crippen MR) is 106 cm³/mol. The van der Waals surface area contributed by atoms with Gasteiger partial charge in [-0.3, -0.25) is 9.20 Å². The minimum absolute atomic E-state index is 0.0155. The maximum atomic E-state index is 13.0. The molecule has 3 rings (SSSR count). The van der Waals surface area contributed by atoms with Crippen LogP contribution in [0.5, 0.6) is 11.6 Å². The van der Waals surface area contributed by atoms with Gasteiger partial charge in [0.1, 0.15) is 28.6 Å². The van der Waals surface area contributed by atoms with Gasteiger partial charge in [-0.1, -0.05) is 22.0 Å². The summed E-state index contributed by atoms with van der Waals surface area (Å²) < 4.78 is 12.6. The lowest BCUT2D eigenvalue weighted by Gasteiger charge is -2.11. The van der Waals surface area contributed by atoms with Gasteiger partial charge in [-0.2, -0.15) is 10.2 Å². The third-order valence-corrected chi connectivity index (χ3v) is 4.42. The second-order valence-corrected chi connectivity index (χ2v) is 6.65. The fraction of sp³-hybridized carbons (Fsp3) is 0.100. The first kappa shape index (κ1) is 19.3. The predicted octanol–water partition coefficient (Wildman–Crippen LogP) is 3.64. The molecule has 0 aliphatic heterocycles. The van der Waals surface area contributed by atoms with E-state index in [1.165, 1.54) is 4.40 Å². The van der Waals surface area contributed by atoms with Crippen LogP contribution >= 0.6 is 15.9 Å². The summed E-state index contributed by atoms with van der Waals surface area (Å²) in [5, 5.41) is 9.25. The van der Waals surface area contributed by atoms with Crippen molar-refractivity contribution in [3.63, 3.8) is 0 Å². The topological polar surface area (TPSA) is 93.7 Å². The Hall–Kier alpha value is -3.44. The number of nitrogens with zero attached hydrogens (tertiary/aromatic N) is 3. The molecular formula is C20H14BrN3O4. The molecule has 0 aliphatic carbocycles. The van der Waals surface area contributed by atoms with Crippen LogP contribution in [0, 0.1) is 18.3 Å². The van der Waals surface area contributed by atoms with E-state index in [9.17, 15) is 14.9 Å². The first-order valence-electron chi connectivity index (χ1n) is 8.10. The van der Waals surface area contributed by atoms with Crippen LogP contribution in [0.3, 0.4) is 0 Å². The van der Waals surface area contributed by atoms with Crippen LogP contribution in [0.4, 0.5) is 0 Å². The number of pyridine rings is 1. The molecule has 0 aliphatic rings. The van der Waals surface area contributed by atoms with E-state index >= 15 is 0 Å². The fourth-order valence-electron chi connectivity index (χ4n) is 2.50. The van der Waals surface area contributed by atoms with Crippen LogP contribution in [0.25, 0.3) is 11.7 Å². The zero-order valence-corrected chi connectivity index (χ0v) is 16.6. The van der Waals surface area contributed by atoms with Crippen molar-refractivity contribution in [1.82, 2.24) is 9.38 Å². The van der Waals surface area contributed by atoms with Gasteiger partial charge in [-0.15, -0.1) is 0 Å². The van der Waals surface area contributed by atoms with E-state index < -0.39 is 11.5 Å². The summed E-state index contributed by atoms with van der Waals surface area (Å²) in [7, 11) is 1.15. The number of esters is 1. The Bertz CT molecular complexity index is 1190. The molecule has 0 atom stereocenters. The average molecular weight is 440 g/mol. The zero-order valence-electron chi connectivity index (χ0n) is 15.0. The number of benzene rings is 1. The number of ether oxygens (including phenoxy) is 2. The summed E-state index contributed by atoms with van der Waals surface area (Å²) in [5.74, 6) is -0.427. The number of methoxy groups -OCH3 is 1. The van der Waals surface area contributed by atoms with Crippen LogP contribution in [-0.2, 0) is 9.53 Å². The van der Waals surface area contributed by atoms with Crippen LogP contribution in [0.2, 0.25) is 0 Å². The zero-order chi connectivity index (χ0) is 20.3. The summed E-state index contributed by atoms with van der Waals surface area (Å²) in [5.41, 5.74) is 0.331. The van der Waals surface area contributed by atoms with E-state index in [-0.39, 0.29) is 17.0 Å². The molecule has 0 spiro atoms. The molecule has 0 fully saturated rings. The van der Waals surface area contributed by atoms with E-state index in [0.29, 0.717) is 11.4 Å². The monoisotopic (exact) mass is 439 g/mol. The van der Waals surface area contributed by atoms with E-state index in [1.54, 1.807) is 42.6 Å². The molecule has 0 N–H and O–H groups in total. The third kappa shape index (κ3) is 3.80. The minimum atomic E-state index is -0.856.